The standard InChI is InChI=1S/C15H33N.C12H19N/c1-4-7-10-13-16(14-11-8-5-2)15-12-9-6-3;1-8(2)10-6-5-7-11(9(3)4)12(10)13/h4-15H2,1-3H3;5-9H,13H2,1-4H3. The first-order valence-corrected chi connectivity index (χ1v) is 12.5. The summed E-state index contributed by atoms with van der Waals surface area (Å²) in [7, 11) is 0. The van der Waals surface area contributed by atoms with Gasteiger partial charge in [0.25, 0.3) is 0 Å². The summed E-state index contributed by atoms with van der Waals surface area (Å²) >= 11 is 0. The van der Waals surface area contributed by atoms with Crippen LogP contribution >= 0.6 is 0 Å². The van der Waals surface area contributed by atoms with Gasteiger partial charge < -0.3 is 10.6 Å². The number of hydrogen-bond acceptors (Lipinski definition) is 2. The lowest BCUT2D eigenvalue weighted by molar-refractivity contribution is 0.256. The zero-order valence-corrected chi connectivity index (χ0v) is 20.9. The summed E-state index contributed by atoms with van der Waals surface area (Å²) in [6.45, 7) is 19.6. The molecule has 2 heteroatoms. The second kappa shape index (κ2) is 17.8. The highest BCUT2D eigenvalue weighted by Gasteiger charge is 2.09. The lowest BCUT2D eigenvalue weighted by Crippen LogP contribution is -2.27. The number of anilines is 1. The third-order valence-electron chi connectivity index (χ3n) is 5.65. The highest BCUT2D eigenvalue weighted by Crippen LogP contribution is 2.29. The van der Waals surface area contributed by atoms with E-state index in [4.69, 9.17) is 5.73 Å². The fraction of sp³-hybridized carbons (Fsp3) is 0.778. The average Bonchev–Trinajstić information content (AvgIpc) is 2.68. The van der Waals surface area contributed by atoms with Crippen molar-refractivity contribution in [1.29, 1.82) is 0 Å². The molecule has 0 unspecified atom stereocenters. The normalized spacial score (nSPS) is 11.2. The van der Waals surface area contributed by atoms with Crippen LogP contribution in [0.4, 0.5) is 5.69 Å². The van der Waals surface area contributed by atoms with Crippen LogP contribution in [0, 0.1) is 0 Å². The highest BCUT2D eigenvalue weighted by atomic mass is 15.1. The first-order chi connectivity index (χ1) is 13.9. The number of nitrogen functional groups attached to an aromatic ring is 1. The minimum absolute atomic E-state index is 0.513. The summed E-state index contributed by atoms with van der Waals surface area (Å²) in [4.78, 5) is 2.70. The molecule has 0 aliphatic heterocycles. The minimum atomic E-state index is 0.513. The van der Waals surface area contributed by atoms with Gasteiger partial charge in [-0.05, 0) is 61.9 Å². The fourth-order valence-electron chi connectivity index (χ4n) is 3.70. The zero-order valence-electron chi connectivity index (χ0n) is 20.9. The molecule has 170 valence electrons. The van der Waals surface area contributed by atoms with Crippen LogP contribution in [0.1, 0.15) is 129 Å². The maximum atomic E-state index is 6.09. The maximum absolute atomic E-state index is 6.09. The molecular weight excluding hydrogens is 352 g/mol. The fourth-order valence-corrected chi connectivity index (χ4v) is 3.70. The summed E-state index contributed by atoms with van der Waals surface area (Å²) in [5.41, 5.74) is 9.60. The number of hydrogen-bond donors (Lipinski definition) is 1. The Bertz CT molecular complexity index is 443. The molecule has 0 heterocycles. The van der Waals surface area contributed by atoms with Crippen LogP contribution in [0.3, 0.4) is 0 Å². The van der Waals surface area contributed by atoms with E-state index in [1.165, 1.54) is 88.5 Å². The highest BCUT2D eigenvalue weighted by molar-refractivity contribution is 5.56. The monoisotopic (exact) mass is 404 g/mol. The third kappa shape index (κ3) is 13.0. The van der Waals surface area contributed by atoms with Gasteiger partial charge in [-0.25, -0.2) is 0 Å². The van der Waals surface area contributed by atoms with Gasteiger partial charge in [-0.1, -0.05) is 105 Å². The predicted molar refractivity (Wildman–Crippen MR) is 134 cm³/mol. The molecule has 29 heavy (non-hydrogen) atoms. The Hall–Kier alpha value is -1.02. The van der Waals surface area contributed by atoms with Gasteiger partial charge in [0.05, 0.1) is 0 Å². The molecule has 0 atom stereocenters. The van der Waals surface area contributed by atoms with Crippen molar-refractivity contribution in [3.05, 3.63) is 29.3 Å². The van der Waals surface area contributed by atoms with E-state index in [-0.39, 0.29) is 0 Å². The summed E-state index contributed by atoms with van der Waals surface area (Å²) in [6, 6.07) is 6.33. The second-order valence-electron chi connectivity index (χ2n) is 9.12. The molecular formula is C27H52N2. The van der Waals surface area contributed by atoms with Crippen molar-refractivity contribution in [2.45, 2.75) is 118 Å². The van der Waals surface area contributed by atoms with E-state index >= 15 is 0 Å². The van der Waals surface area contributed by atoms with Crippen molar-refractivity contribution in [3.8, 4) is 0 Å². The van der Waals surface area contributed by atoms with Crippen molar-refractivity contribution in [2.24, 2.45) is 0 Å². The van der Waals surface area contributed by atoms with E-state index in [1.807, 2.05) is 0 Å². The molecule has 0 spiro atoms. The number of benzene rings is 1. The van der Waals surface area contributed by atoms with Crippen LogP contribution in [-0.4, -0.2) is 24.5 Å². The summed E-state index contributed by atoms with van der Waals surface area (Å²) in [6.07, 6.45) is 12.4. The summed E-state index contributed by atoms with van der Waals surface area (Å²) in [5.74, 6) is 1.03. The Morgan fingerprint density at radius 2 is 1.00 bits per heavy atom. The Morgan fingerprint density at radius 3 is 1.28 bits per heavy atom. The molecule has 2 nitrogen and oxygen atoms in total. The van der Waals surface area contributed by atoms with Crippen LogP contribution in [0.2, 0.25) is 0 Å². The molecule has 1 aromatic carbocycles. The average molecular weight is 405 g/mol. The van der Waals surface area contributed by atoms with E-state index in [0.29, 0.717) is 11.8 Å². The molecule has 0 radical (unpaired) electrons. The molecule has 0 saturated carbocycles. The van der Waals surface area contributed by atoms with Gasteiger partial charge >= 0.3 is 0 Å². The van der Waals surface area contributed by atoms with Gasteiger partial charge in [-0.15, -0.1) is 0 Å². The van der Waals surface area contributed by atoms with Gasteiger partial charge in [0.1, 0.15) is 0 Å². The first-order valence-electron chi connectivity index (χ1n) is 12.5. The second-order valence-corrected chi connectivity index (χ2v) is 9.12. The maximum Gasteiger partial charge on any atom is 0.0384 e. The molecule has 1 rings (SSSR count). The van der Waals surface area contributed by atoms with Crippen LogP contribution < -0.4 is 5.73 Å². The molecule has 0 bridgehead atoms. The number of para-hydroxylation sites is 1. The van der Waals surface area contributed by atoms with Crippen molar-refractivity contribution < 1.29 is 0 Å². The Morgan fingerprint density at radius 1 is 0.655 bits per heavy atom. The molecule has 0 aliphatic rings. The Kier molecular flexibility index (Phi) is 17.2. The molecule has 0 aromatic heterocycles. The minimum Gasteiger partial charge on any atom is -0.398 e. The van der Waals surface area contributed by atoms with Gasteiger partial charge in [0.2, 0.25) is 0 Å². The molecule has 0 saturated heterocycles. The number of unbranched alkanes of at least 4 members (excludes halogenated alkanes) is 6. The van der Waals surface area contributed by atoms with Crippen molar-refractivity contribution in [2.75, 3.05) is 25.4 Å². The van der Waals surface area contributed by atoms with Gasteiger partial charge in [0.15, 0.2) is 0 Å². The van der Waals surface area contributed by atoms with E-state index < -0.39 is 0 Å². The largest absolute Gasteiger partial charge is 0.398 e. The van der Waals surface area contributed by atoms with E-state index in [2.05, 4.69) is 71.6 Å². The van der Waals surface area contributed by atoms with Crippen molar-refractivity contribution >= 4 is 5.69 Å². The van der Waals surface area contributed by atoms with Gasteiger partial charge in [0, 0.05) is 5.69 Å². The van der Waals surface area contributed by atoms with Crippen molar-refractivity contribution in [3.63, 3.8) is 0 Å². The Labute approximate surface area is 183 Å². The van der Waals surface area contributed by atoms with Crippen LogP contribution in [0.15, 0.2) is 18.2 Å². The van der Waals surface area contributed by atoms with E-state index in [0.717, 1.165) is 5.69 Å². The number of nitrogens with two attached hydrogens (primary N) is 1. The summed E-state index contributed by atoms with van der Waals surface area (Å²) < 4.78 is 0. The quantitative estimate of drug-likeness (QED) is 0.249. The first kappa shape index (κ1) is 28.0. The SMILES string of the molecule is CC(C)c1cccc(C(C)C)c1N.CCCCCN(CCCCC)CCCCC. The predicted octanol–water partition coefficient (Wildman–Crippen LogP) is 8.37. The summed E-state index contributed by atoms with van der Waals surface area (Å²) in [5, 5.41) is 0. The zero-order chi connectivity index (χ0) is 22.1. The Balaban J connectivity index is 0.000000551. The van der Waals surface area contributed by atoms with Crippen LogP contribution in [0.25, 0.3) is 0 Å². The topological polar surface area (TPSA) is 29.3 Å². The third-order valence-corrected chi connectivity index (χ3v) is 5.65. The molecule has 0 aliphatic carbocycles. The van der Waals surface area contributed by atoms with E-state index in [1.54, 1.807) is 0 Å². The lowest BCUT2D eigenvalue weighted by Gasteiger charge is -2.22. The number of rotatable bonds is 14. The molecule has 0 amide bonds. The van der Waals surface area contributed by atoms with Crippen LogP contribution in [0.5, 0.6) is 0 Å². The lowest BCUT2D eigenvalue weighted by atomic mass is 9.93. The van der Waals surface area contributed by atoms with Crippen molar-refractivity contribution in [1.82, 2.24) is 4.90 Å². The number of nitrogens with zero attached hydrogens (tertiary/aromatic N) is 1. The molecule has 0 fully saturated rings. The van der Waals surface area contributed by atoms with E-state index in [9.17, 15) is 0 Å². The van der Waals surface area contributed by atoms with Crippen LogP contribution in [-0.2, 0) is 0 Å². The smallest absolute Gasteiger partial charge is 0.0384 e. The molecule has 2 N–H and O–H groups in total. The van der Waals surface area contributed by atoms with Gasteiger partial charge in [-0.3, -0.25) is 0 Å². The molecule has 1 aromatic rings. The van der Waals surface area contributed by atoms with Gasteiger partial charge in [-0.2, -0.15) is 0 Å².